The molecule has 0 saturated carbocycles. The van der Waals surface area contributed by atoms with E-state index >= 15 is 0 Å². The lowest BCUT2D eigenvalue weighted by atomic mass is 9.93. The molecule has 1 aromatic heterocycles. The van der Waals surface area contributed by atoms with E-state index in [1.54, 1.807) is 24.5 Å². The lowest BCUT2D eigenvalue weighted by Gasteiger charge is -2.32. The summed E-state index contributed by atoms with van der Waals surface area (Å²) in [5.41, 5.74) is 2.33. The molecule has 1 fully saturated rings. The number of rotatable bonds is 7. The van der Waals surface area contributed by atoms with Crippen molar-refractivity contribution in [2.24, 2.45) is 5.92 Å². The summed E-state index contributed by atoms with van der Waals surface area (Å²) in [6.07, 6.45) is 10.3. The number of amides is 1. The Morgan fingerprint density at radius 2 is 1.93 bits per heavy atom. The van der Waals surface area contributed by atoms with Crippen molar-refractivity contribution in [1.29, 1.82) is 0 Å². The minimum Gasteiger partial charge on any atom is -0.353 e. The fourth-order valence-corrected chi connectivity index (χ4v) is 3.38. The number of benzene rings is 1. The molecule has 0 unspecified atom stereocenters. The first-order valence-electron chi connectivity index (χ1n) is 9.42. The molecule has 1 aliphatic rings. The van der Waals surface area contributed by atoms with Crippen LogP contribution >= 0.6 is 12.4 Å². The van der Waals surface area contributed by atoms with Crippen molar-refractivity contribution in [2.45, 2.75) is 25.8 Å². The summed E-state index contributed by atoms with van der Waals surface area (Å²) < 4.78 is 0. The zero-order chi connectivity index (χ0) is 18.0. The molecule has 27 heavy (non-hydrogen) atoms. The van der Waals surface area contributed by atoms with Crippen LogP contribution in [0.2, 0.25) is 0 Å². The molecule has 2 aromatic rings. The molecule has 1 N–H and O–H groups in total. The fourth-order valence-electron chi connectivity index (χ4n) is 3.38. The highest BCUT2D eigenvalue weighted by Crippen LogP contribution is 2.21. The van der Waals surface area contributed by atoms with Crippen LogP contribution in [0, 0.1) is 5.92 Å². The first kappa shape index (κ1) is 21.1. The number of hydrogen-bond donors (Lipinski definition) is 1. The topological polar surface area (TPSA) is 45.2 Å². The molecule has 1 aliphatic heterocycles. The van der Waals surface area contributed by atoms with Gasteiger partial charge in [0.25, 0.3) is 0 Å². The molecule has 0 aliphatic carbocycles. The summed E-state index contributed by atoms with van der Waals surface area (Å²) >= 11 is 0. The van der Waals surface area contributed by atoms with Gasteiger partial charge in [0.05, 0.1) is 0 Å². The highest BCUT2D eigenvalue weighted by atomic mass is 35.5. The Labute approximate surface area is 168 Å². The van der Waals surface area contributed by atoms with Crippen LogP contribution in [0.3, 0.4) is 0 Å². The van der Waals surface area contributed by atoms with Gasteiger partial charge in [0.1, 0.15) is 0 Å². The Morgan fingerprint density at radius 1 is 1.15 bits per heavy atom. The predicted molar refractivity (Wildman–Crippen MR) is 113 cm³/mol. The first-order valence-corrected chi connectivity index (χ1v) is 9.42. The van der Waals surface area contributed by atoms with E-state index in [2.05, 4.69) is 45.5 Å². The third kappa shape index (κ3) is 7.53. The van der Waals surface area contributed by atoms with E-state index in [1.807, 2.05) is 12.1 Å². The highest BCUT2D eigenvalue weighted by Gasteiger charge is 2.18. The molecular weight excluding hydrogens is 358 g/mol. The van der Waals surface area contributed by atoms with E-state index in [-0.39, 0.29) is 18.3 Å². The average molecular weight is 386 g/mol. The number of likely N-dealkylation sites (tertiary alicyclic amines) is 1. The molecule has 0 atom stereocenters. The number of hydrogen-bond acceptors (Lipinski definition) is 3. The number of carbonyl (C=O) groups excluding carboxylic acids is 1. The molecule has 2 heterocycles. The maximum atomic E-state index is 11.9. The van der Waals surface area contributed by atoms with Gasteiger partial charge >= 0.3 is 0 Å². The second-order valence-corrected chi connectivity index (χ2v) is 6.90. The number of halogens is 1. The number of nitrogens with one attached hydrogen (secondary N) is 1. The van der Waals surface area contributed by atoms with Gasteiger partial charge in [-0.2, -0.15) is 0 Å². The van der Waals surface area contributed by atoms with Crippen LogP contribution in [0.25, 0.3) is 6.08 Å². The number of aromatic nitrogens is 1. The molecule has 4 nitrogen and oxygen atoms in total. The zero-order valence-electron chi connectivity index (χ0n) is 15.6. The lowest BCUT2D eigenvalue weighted by molar-refractivity contribution is -0.116. The average Bonchev–Trinajstić information content (AvgIpc) is 2.69. The number of nitrogens with zero attached hydrogens (tertiary/aromatic N) is 2. The van der Waals surface area contributed by atoms with Crippen LogP contribution in [0.1, 0.15) is 30.4 Å². The molecule has 144 valence electrons. The van der Waals surface area contributed by atoms with Crippen LogP contribution in [-0.2, 0) is 11.3 Å². The van der Waals surface area contributed by atoms with E-state index in [9.17, 15) is 4.79 Å². The fraction of sp³-hybridized carbons (Fsp3) is 0.364. The molecular formula is C22H28ClN3O. The van der Waals surface area contributed by atoms with Gasteiger partial charge in [-0.1, -0.05) is 36.4 Å². The minimum atomic E-state index is -0.0321. The largest absolute Gasteiger partial charge is 0.353 e. The van der Waals surface area contributed by atoms with Crippen molar-refractivity contribution in [3.05, 3.63) is 72.1 Å². The first-order chi connectivity index (χ1) is 12.8. The Morgan fingerprint density at radius 3 is 2.63 bits per heavy atom. The highest BCUT2D eigenvalue weighted by molar-refractivity contribution is 5.91. The Bertz CT molecular complexity index is 698. The summed E-state index contributed by atoms with van der Waals surface area (Å²) in [4.78, 5) is 18.4. The van der Waals surface area contributed by atoms with Crippen molar-refractivity contribution in [2.75, 3.05) is 19.6 Å². The van der Waals surface area contributed by atoms with Crippen molar-refractivity contribution >= 4 is 24.4 Å². The van der Waals surface area contributed by atoms with Gasteiger partial charge < -0.3 is 5.32 Å². The monoisotopic (exact) mass is 385 g/mol. The molecule has 0 radical (unpaired) electrons. The third-order valence-electron chi connectivity index (χ3n) is 4.92. The van der Waals surface area contributed by atoms with Gasteiger partial charge in [-0.3, -0.25) is 14.7 Å². The maximum Gasteiger partial charge on any atom is 0.244 e. The van der Waals surface area contributed by atoms with Gasteiger partial charge in [-0.15, -0.1) is 12.4 Å². The minimum absolute atomic E-state index is 0. The predicted octanol–water partition coefficient (Wildman–Crippen LogP) is 3.94. The SMILES string of the molecule is Cl.O=C(C=Cc1cccnc1)NCCC1CCN(Cc2ccccc2)CC1. The van der Waals surface area contributed by atoms with Gasteiger partial charge in [-0.05, 0) is 61.5 Å². The smallest absolute Gasteiger partial charge is 0.244 e. The van der Waals surface area contributed by atoms with Crippen molar-refractivity contribution in [3.63, 3.8) is 0 Å². The number of pyridine rings is 1. The van der Waals surface area contributed by atoms with Crippen molar-refractivity contribution in [1.82, 2.24) is 15.2 Å². The summed E-state index contributed by atoms with van der Waals surface area (Å²) in [6.45, 7) is 4.09. The van der Waals surface area contributed by atoms with E-state index < -0.39 is 0 Å². The molecule has 1 saturated heterocycles. The normalized spacial score (nSPS) is 15.4. The van der Waals surface area contributed by atoms with Gasteiger partial charge in [-0.25, -0.2) is 0 Å². The molecule has 5 heteroatoms. The van der Waals surface area contributed by atoms with E-state index in [4.69, 9.17) is 0 Å². The molecule has 1 aromatic carbocycles. The van der Waals surface area contributed by atoms with Crippen LogP contribution in [0.4, 0.5) is 0 Å². The Kier molecular flexibility index (Phi) is 9.02. The van der Waals surface area contributed by atoms with Crippen LogP contribution in [0.5, 0.6) is 0 Å². The second-order valence-electron chi connectivity index (χ2n) is 6.90. The summed E-state index contributed by atoms with van der Waals surface area (Å²) in [7, 11) is 0. The lowest BCUT2D eigenvalue weighted by Crippen LogP contribution is -2.34. The summed E-state index contributed by atoms with van der Waals surface area (Å²) in [6, 6.07) is 14.5. The third-order valence-corrected chi connectivity index (χ3v) is 4.92. The Hall–Kier alpha value is -2.17. The Balaban J connectivity index is 0.00000261. The van der Waals surface area contributed by atoms with E-state index in [0.29, 0.717) is 5.92 Å². The van der Waals surface area contributed by atoms with Crippen molar-refractivity contribution < 1.29 is 4.79 Å². The van der Waals surface area contributed by atoms with Crippen LogP contribution < -0.4 is 5.32 Å². The number of carbonyl (C=O) groups is 1. The van der Waals surface area contributed by atoms with Crippen molar-refractivity contribution in [3.8, 4) is 0 Å². The molecule has 3 rings (SSSR count). The quantitative estimate of drug-likeness (QED) is 0.734. The van der Waals surface area contributed by atoms with Gasteiger partial charge in [0, 0.05) is 31.6 Å². The standard InChI is InChI=1S/C22H27N3O.ClH/c26-22(9-8-20-7-4-13-23-17-20)24-14-10-19-11-15-25(16-12-19)18-21-5-2-1-3-6-21;/h1-9,13,17,19H,10-12,14-16,18H2,(H,24,26);1H. The zero-order valence-corrected chi connectivity index (χ0v) is 16.4. The molecule has 0 bridgehead atoms. The second kappa shape index (κ2) is 11.5. The maximum absolute atomic E-state index is 11.9. The van der Waals surface area contributed by atoms with E-state index in [0.717, 1.165) is 38.2 Å². The van der Waals surface area contributed by atoms with E-state index in [1.165, 1.54) is 18.4 Å². The number of piperidine rings is 1. The van der Waals surface area contributed by atoms with Crippen LogP contribution in [0.15, 0.2) is 60.9 Å². The molecule has 1 amide bonds. The summed E-state index contributed by atoms with van der Waals surface area (Å²) in [5.74, 6) is 0.681. The van der Waals surface area contributed by atoms with Gasteiger partial charge in [0.2, 0.25) is 5.91 Å². The summed E-state index contributed by atoms with van der Waals surface area (Å²) in [5, 5.41) is 2.99. The van der Waals surface area contributed by atoms with Crippen LogP contribution in [-0.4, -0.2) is 35.4 Å². The van der Waals surface area contributed by atoms with Gasteiger partial charge in [0.15, 0.2) is 0 Å². The molecule has 0 spiro atoms.